The molecule has 28 heavy (non-hydrogen) atoms. The van der Waals surface area contributed by atoms with Crippen molar-refractivity contribution in [1.29, 1.82) is 0 Å². The van der Waals surface area contributed by atoms with Crippen molar-refractivity contribution in [2.24, 2.45) is 0 Å². The molecule has 0 aliphatic carbocycles. The first-order valence-electron chi connectivity index (χ1n) is 10.8. The molecule has 0 amide bonds. The number of fused-ring (bicyclic) bond motifs is 1. The smallest absolute Gasteiger partial charge is 0.129 e. The molecule has 0 bridgehead atoms. The highest BCUT2D eigenvalue weighted by atomic mass is 19.1. The second-order valence-corrected chi connectivity index (χ2v) is 7.76. The Labute approximate surface area is 170 Å². The van der Waals surface area contributed by atoms with Crippen molar-refractivity contribution >= 4 is 5.69 Å². The summed E-state index contributed by atoms with van der Waals surface area (Å²) in [6.45, 7) is 15.7. The van der Waals surface area contributed by atoms with Gasteiger partial charge in [-0.1, -0.05) is 58.9 Å². The average Bonchev–Trinajstić information content (AvgIpc) is 2.95. The molecule has 0 saturated heterocycles. The molecule has 1 aliphatic heterocycles. The van der Waals surface area contributed by atoms with Crippen LogP contribution in [0.4, 0.5) is 10.1 Å². The van der Waals surface area contributed by atoms with Gasteiger partial charge in [0.25, 0.3) is 0 Å². The summed E-state index contributed by atoms with van der Waals surface area (Å²) in [6, 6.07) is 12.4. The first-order valence-corrected chi connectivity index (χ1v) is 10.8. The lowest BCUT2D eigenvalue weighted by Crippen LogP contribution is -2.33. The van der Waals surface area contributed by atoms with Gasteiger partial charge in [0.1, 0.15) is 5.82 Å². The molecule has 0 radical (unpaired) electrons. The van der Waals surface area contributed by atoms with E-state index in [0.717, 1.165) is 36.2 Å². The minimum absolute atomic E-state index is 0.127. The first-order chi connectivity index (χ1) is 13.4. The van der Waals surface area contributed by atoms with Crippen LogP contribution in [0.25, 0.3) is 0 Å². The fourth-order valence-electron chi connectivity index (χ4n) is 4.29. The third-order valence-electron chi connectivity index (χ3n) is 5.94. The van der Waals surface area contributed by atoms with Gasteiger partial charge in [0.2, 0.25) is 0 Å². The summed E-state index contributed by atoms with van der Waals surface area (Å²) >= 11 is 0. The molecule has 3 atom stereocenters. The minimum atomic E-state index is -0.445. The Morgan fingerprint density at radius 3 is 2.50 bits per heavy atom. The zero-order valence-corrected chi connectivity index (χ0v) is 18.6. The largest absolute Gasteiger partial charge is 0.375 e. The van der Waals surface area contributed by atoms with E-state index in [4.69, 9.17) is 0 Å². The molecule has 3 heteroatoms. The predicted octanol–water partition coefficient (Wildman–Crippen LogP) is 7.06. The van der Waals surface area contributed by atoms with Gasteiger partial charge in [0.05, 0.1) is 5.54 Å². The molecular formula is C25H37FN2. The molecule has 1 heterocycles. The van der Waals surface area contributed by atoms with E-state index < -0.39 is 5.54 Å². The molecule has 154 valence electrons. The third-order valence-corrected chi connectivity index (χ3v) is 5.94. The molecule has 1 aliphatic rings. The van der Waals surface area contributed by atoms with E-state index in [1.165, 1.54) is 11.1 Å². The maximum Gasteiger partial charge on any atom is 0.129 e. The zero-order valence-electron chi connectivity index (χ0n) is 18.6. The summed E-state index contributed by atoms with van der Waals surface area (Å²) in [5.41, 5.74) is 5.05. The van der Waals surface area contributed by atoms with Crippen LogP contribution in [0.1, 0.15) is 88.6 Å². The van der Waals surface area contributed by atoms with Crippen molar-refractivity contribution in [3.63, 3.8) is 0 Å². The van der Waals surface area contributed by atoms with Gasteiger partial charge < -0.3 is 10.6 Å². The fourth-order valence-corrected chi connectivity index (χ4v) is 4.29. The number of rotatable bonds is 6. The number of hydrogen-bond acceptors (Lipinski definition) is 2. The van der Waals surface area contributed by atoms with Gasteiger partial charge in [0.15, 0.2) is 0 Å². The second-order valence-electron chi connectivity index (χ2n) is 7.76. The highest BCUT2D eigenvalue weighted by molar-refractivity contribution is 5.66. The van der Waals surface area contributed by atoms with Crippen molar-refractivity contribution < 1.29 is 4.39 Å². The van der Waals surface area contributed by atoms with E-state index in [-0.39, 0.29) is 11.7 Å². The lowest BCUT2D eigenvalue weighted by Gasteiger charge is -2.32. The average molecular weight is 385 g/mol. The van der Waals surface area contributed by atoms with Crippen molar-refractivity contribution in [3.8, 4) is 0 Å². The van der Waals surface area contributed by atoms with E-state index >= 15 is 0 Å². The quantitative estimate of drug-likeness (QED) is 0.557. The van der Waals surface area contributed by atoms with Crippen LogP contribution in [0.2, 0.25) is 0 Å². The standard InChI is InChI=1S/C23H31FN2.C2H6/c1-6-13-25-20(7-2)17-9-8-10-21-22(17)16(4)23(5,26-21)18-12-11-15(3)14-19(18)24;1-2/h8-12,14,16,20,25-26H,6-7,13H2,1-5H3;1-2H3. The Morgan fingerprint density at radius 1 is 1.18 bits per heavy atom. The Balaban J connectivity index is 0.00000136. The van der Waals surface area contributed by atoms with Gasteiger partial charge in [0, 0.05) is 23.2 Å². The van der Waals surface area contributed by atoms with E-state index in [1.807, 2.05) is 32.9 Å². The molecule has 2 aromatic rings. The number of nitrogens with one attached hydrogen (secondary N) is 2. The summed E-state index contributed by atoms with van der Waals surface area (Å²) in [5.74, 6) is 0.0562. The molecule has 0 spiro atoms. The predicted molar refractivity (Wildman–Crippen MR) is 120 cm³/mol. The molecule has 3 rings (SSSR count). The van der Waals surface area contributed by atoms with Crippen LogP contribution < -0.4 is 10.6 Å². The minimum Gasteiger partial charge on any atom is -0.375 e. The van der Waals surface area contributed by atoms with Crippen molar-refractivity contribution in [2.45, 2.75) is 78.8 Å². The lowest BCUT2D eigenvalue weighted by atomic mass is 9.77. The number of aryl methyl sites for hydroxylation is 1. The molecule has 0 saturated carbocycles. The molecular weight excluding hydrogens is 347 g/mol. The van der Waals surface area contributed by atoms with Crippen LogP contribution >= 0.6 is 0 Å². The van der Waals surface area contributed by atoms with Crippen LogP contribution in [0.3, 0.4) is 0 Å². The van der Waals surface area contributed by atoms with Crippen molar-refractivity contribution in [2.75, 3.05) is 11.9 Å². The van der Waals surface area contributed by atoms with Crippen LogP contribution in [-0.4, -0.2) is 6.54 Å². The summed E-state index contributed by atoms with van der Waals surface area (Å²) in [7, 11) is 0. The van der Waals surface area contributed by atoms with Crippen molar-refractivity contribution in [3.05, 3.63) is 64.5 Å². The fraction of sp³-hybridized carbons (Fsp3) is 0.520. The van der Waals surface area contributed by atoms with Crippen LogP contribution in [0.15, 0.2) is 36.4 Å². The molecule has 2 N–H and O–H groups in total. The lowest BCUT2D eigenvalue weighted by molar-refractivity contribution is 0.442. The van der Waals surface area contributed by atoms with Gasteiger partial charge in [-0.25, -0.2) is 4.39 Å². The molecule has 0 fully saturated rings. The maximum atomic E-state index is 14.8. The normalized spacial score (nSPS) is 21.4. The molecule has 3 unspecified atom stereocenters. The van der Waals surface area contributed by atoms with E-state index in [9.17, 15) is 4.39 Å². The summed E-state index contributed by atoms with van der Waals surface area (Å²) in [5, 5.41) is 7.31. The van der Waals surface area contributed by atoms with E-state index in [2.05, 4.69) is 56.5 Å². The summed E-state index contributed by atoms with van der Waals surface area (Å²) in [6.07, 6.45) is 2.16. The number of benzene rings is 2. The topological polar surface area (TPSA) is 24.1 Å². The second kappa shape index (κ2) is 9.56. The van der Waals surface area contributed by atoms with Gasteiger partial charge in [-0.05, 0) is 62.1 Å². The molecule has 0 aromatic heterocycles. The number of hydrogen-bond donors (Lipinski definition) is 2. The monoisotopic (exact) mass is 384 g/mol. The van der Waals surface area contributed by atoms with E-state index in [0.29, 0.717) is 6.04 Å². The van der Waals surface area contributed by atoms with Crippen molar-refractivity contribution in [1.82, 2.24) is 5.32 Å². The van der Waals surface area contributed by atoms with Crippen LogP contribution in [0, 0.1) is 12.7 Å². The Bertz CT molecular complexity index is 786. The first kappa shape index (κ1) is 22.4. The Hall–Kier alpha value is -1.87. The van der Waals surface area contributed by atoms with Gasteiger partial charge in [-0.15, -0.1) is 0 Å². The van der Waals surface area contributed by atoms with E-state index in [1.54, 1.807) is 6.07 Å². The highest BCUT2D eigenvalue weighted by Gasteiger charge is 2.44. The summed E-state index contributed by atoms with van der Waals surface area (Å²) < 4.78 is 14.8. The number of anilines is 1. The molecule has 2 aromatic carbocycles. The zero-order chi connectivity index (χ0) is 20.9. The Kier molecular flexibility index (Phi) is 7.65. The Morgan fingerprint density at radius 2 is 1.89 bits per heavy atom. The van der Waals surface area contributed by atoms with Gasteiger partial charge >= 0.3 is 0 Å². The maximum absolute atomic E-state index is 14.8. The van der Waals surface area contributed by atoms with Gasteiger partial charge in [-0.2, -0.15) is 0 Å². The SMILES string of the molecule is CC.CCCNC(CC)c1cccc2c1C(C)C(C)(c1ccc(C)cc1F)N2. The molecule has 2 nitrogen and oxygen atoms in total. The third kappa shape index (κ3) is 4.10. The highest BCUT2D eigenvalue weighted by Crippen LogP contribution is 2.51. The number of halogens is 1. The van der Waals surface area contributed by atoms with Gasteiger partial charge in [-0.3, -0.25) is 0 Å². The summed E-state index contributed by atoms with van der Waals surface area (Å²) in [4.78, 5) is 0. The van der Waals surface area contributed by atoms with Crippen LogP contribution in [0.5, 0.6) is 0 Å². The van der Waals surface area contributed by atoms with Crippen LogP contribution in [-0.2, 0) is 5.54 Å².